The molecule has 0 amide bonds. The molecule has 6 nitrogen and oxygen atoms in total. The van der Waals surface area contributed by atoms with Gasteiger partial charge in [0.05, 0.1) is 18.0 Å². The minimum Gasteiger partial charge on any atom is -0.396 e. The minimum absolute atomic E-state index is 0.120. The Hall–Kier alpha value is -1.77. The van der Waals surface area contributed by atoms with E-state index in [1.165, 1.54) is 16.4 Å². The summed E-state index contributed by atoms with van der Waals surface area (Å²) in [6.07, 6.45) is 2.18. The van der Waals surface area contributed by atoms with Crippen molar-refractivity contribution in [2.75, 3.05) is 19.7 Å². The van der Waals surface area contributed by atoms with Crippen LogP contribution in [0.3, 0.4) is 0 Å². The molecule has 1 unspecified atom stereocenters. The third-order valence-electron chi connectivity index (χ3n) is 5.68. The van der Waals surface area contributed by atoms with E-state index in [4.69, 9.17) is 0 Å². The van der Waals surface area contributed by atoms with Crippen LogP contribution in [-0.4, -0.2) is 47.3 Å². The van der Waals surface area contributed by atoms with Gasteiger partial charge in [0.2, 0.25) is 10.0 Å². The van der Waals surface area contributed by atoms with Gasteiger partial charge in [-0.25, -0.2) is 12.8 Å². The van der Waals surface area contributed by atoms with Gasteiger partial charge in [0.25, 0.3) is 0 Å². The van der Waals surface area contributed by atoms with Crippen molar-refractivity contribution in [3.8, 4) is 0 Å². The van der Waals surface area contributed by atoms with Gasteiger partial charge in [-0.1, -0.05) is 26.0 Å². The van der Waals surface area contributed by atoms with Gasteiger partial charge >= 0.3 is 0 Å². The molecule has 1 aromatic heterocycles. The number of hydrogen-bond donors (Lipinski definition) is 1. The van der Waals surface area contributed by atoms with Gasteiger partial charge in [0.15, 0.2) is 0 Å². The highest BCUT2D eigenvalue weighted by Gasteiger charge is 2.44. The highest BCUT2D eigenvalue weighted by molar-refractivity contribution is 7.89. The fraction of sp³-hybridized carbons (Fsp3) is 0.550. The number of rotatable bonds is 7. The molecule has 28 heavy (non-hydrogen) atoms. The van der Waals surface area contributed by atoms with Gasteiger partial charge in [-0.2, -0.15) is 9.40 Å². The molecule has 0 saturated carbocycles. The molecule has 0 radical (unpaired) electrons. The van der Waals surface area contributed by atoms with Crippen molar-refractivity contribution in [3.05, 3.63) is 47.0 Å². The Morgan fingerprint density at radius 2 is 1.89 bits per heavy atom. The molecule has 3 rings (SSSR count). The SMILES string of the molecule is CCc1nn(C)c(CC)c1S(=O)(=O)N1CCC(CO)(Cc2ccc(F)cc2)C1. The van der Waals surface area contributed by atoms with Crippen molar-refractivity contribution in [1.82, 2.24) is 14.1 Å². The van der Waals surface area contributed by atoms with Crippen LogP contribution in [0.25, 0.3) is 0 Å². The van der Waals surface area contributed by atoms with Crippen LogP contribution >= 0.6 is 0 Å². The molecular formula is C20H28FN3O3S. The number of aliphatic hydroxyl groups excluding tert-OH is 1. The zero-order chi connectivity index (χ0) is 20.5. The van der Waals surface area contributed by atoms with Gasteiger partial charge in [-0.3, -0.25) is 4.68 Å². The van der Waals surface area contributed by atoms with Gasteiger partial charge < -0.3 is 5.11 Å². The lowest BCUT2D eigenvalue weighted by molar-refractivity contribution is 0.137. The number of halogens is 1. The van der Waals surface area contributed by atoms with E-state index in [1.807, 2.05) is 13.8 Å². The number of aromatic nitrogens is 2. The maximum Gasteiger partial charge on any atom is 0.246 e. The topological polar surface area (TPSA) is 75.4 Å². The second-order valence-electron chi connectivity index (χ2n) is 7.60. The highest BCUT2D eigenvalue weighted by atomic mass is 32.2. The lowest BCUT2D eigenvalue weighted by Gasteiger charge is -2.27. The molecule has 1 atom stereocenters. The number of aliphatic hydroxyl groups is 1. The van der Waals surface area contributed by atoms with E-state index in [2.05, 4.69) is 5.10 Å². The summed E-state index contributed by atoms with van der Waals surface area (Å²) in [6, 6.07) is 6.16. The first-order valence-electron chi connectivity index (χ1n) is 9.66. The summed E-state index contributed by atoms with van der Waals surface area (Å²) >= 11 is 0. The van der Waals surface area contributed by atoms with Crippen LogP contribution in [0.2, 0.25) is 0 Å². The Morgan fingerprint density at radius 3 is 2.46 bits per heavy atom. The molecule has 0 aliphatic carbocycles. The van der Waals surface area contributed by atoms with Crippen LogP contribution in [0.15, 0.2) is 29.2 Å². The predicted molar refractivity (Wildman–Crippen MR) is 105 cm³/mol. The smallest absolute Gasteiger partial charge is 0.246 e. The number of nitrogens with zero attached hydrogens (tertiary/aromatic N) is 3. The van der Waals surface area contributed by atoms with Crippen molar-refractivity contribution in [3.63, 3.8) is 0 Å². The Bertz CT molecular complexity index is 940. The van der Waals surface area contributed by atoms with Crippen molar-refractivity contribution in [1.29, 1.82) is 0 Å². The van der Waals surface area contributed by atoms with E-state index in [0.29, 0.717) is 48.5 Å². The number of sulfonamides is 1. The predicted octanol–water partition coefficient (Wildman–Crippen LogP) is 2.30. The standard InChI is InChI=1S/C20H28FN3O3S/c1-4-17-19(18(5-2)23(3)22-17)28(26,27)24-11-10-20(13-24,14-25)12-15-6-8-16(21)9-7-15/h6-9,25H,4-5,10-14H2,1-3H3. The fourth-order valence-corrected chi connectivity index (χ4v) is 6.20. The molecule has 2 heterocycles. The van der Waals surface area contributed by atoms with E-state index in [1.54, 1.807) is 23.9 Å². The molecule has 1 aromatic carbocycles. The third-order valence-corrected chi connectivity index (χ3v) is 7.66. The summed E-state index contributed by atoms with van der Waals surface area (Å²) in [6.45, 7) is 4.30. The summed E-state index contributed by atoms with van der Waals surface area (Å²) in [5.41, 5.74) is 1.61. The second kappa shape index (κ2) is 7.93. The lowest BCUT2D eigenvalue weighted by Crippen LogP contribution is -2.36. The summed E-state index contributed by atoms with van der Waals surface area (Å²) < 4.78 is 43.2. The van der Waals surface area contributed by atoms with E-state index in [0.717, 1.165) is 5.56 Å². The normalized spacial score (nSPS) is 20.8. The van der Waals surface area contributed by atoms with Crippen molar-refractivity contribution >= 4 is 10.0 Å². The first-order chi connectivity index (χ1) is 13.3. The van der Waals surface area contributed by atoms with E-state index >= 15 is 0 Å². The third kappa shape index (κ3) is 3.73. The Kier molecular flexibility index (Phi) is 5.93. The van der Waals surface area contributed by atoms with Crippen molar-refractivity contribution < 1.29 is 17.9 Å². The molecule has 1 fully saturated rings. The molecular weight excluding hydrogens is 381 g/mol. The molecule has 1 aliphatic heterocycles. The van der Waals surface area contributed by atoms with E-state index < -0.39 is 15.4 Å². The van der Waals surface area contributed by atoms with Crippen molar-refractivity contribution in [2.45, 2.75) is 44.4 Å². The fourth-order valence-electron chi connectivity index (χ4n) is 4.11. The first-order valence-corrected chi connectivity index (χ1v) is 11.1. The van der Waals surface area contributed by atoms with Crippen LogP contribution < -0.4 is 0 Å². The largest absolute Gasteiger partial charge is 0.396 e. The second-order valence-corrected chi connectivity index (χ2v) is 9.48. The zero-order valence-corrected chi connectivity index (χ0v) is 17.5. The minimum atomic E-state index is -3.70. The quantitative estimate of drug-likeness (QED) is 0.761. The average molecular weight is 410 g/mol. The Labute approximate surface area is 166 Å². The average Bonchev–Trinajstić information content (AvgIpc) is 3.25. The summed E-state index contributed by atoms with van der Waals surface area (Å²) in [5, 5.41) is 14.5. The summed E-state index contributed by atoms with van der Waals surface area (Å²) in [7, 11) is -1.93. The van der Waals surface area contributed by atoms with Crippen LogP contribution in [0, 0.1) is 11.2 Å². The first kappa shape index (κ1) is 21.0. The zero-order valence-electron chi connectivity index (χ0n) is 16.7. The lowest BCUT2D eigenvalue weighted by atomic mass is 9.82. The van der Waals surface area contributed by atoms with Crippen LogP contribution in [0.1, 0.15) is 37.2 Å². The molecule has 0 spiro atoms. The molecule has 1 aliphatic rings. The highest BCUT2D eigenvalue weighted by Crippen LogP contribution is 2.38. The van der Waals surface area contributed by atoms with Gasteiger partial charge in [0.1, 0.15) is 10.7 Å². The monoisotopic (exact) mass is 409 g/mol. The Balaban J connectivity index is 1.90. The maximum atomic E-state index is 13.4. The molecule has 2 aromatic rings. The molecule has 8 heteroatoms. The molecule has 1 N–H and O–H groups in total. The molecule has 1 saturated heterocycles. The van der Waals surface area contributed by atoms with Gasteiger partial charge in [-0.05, 0) is 43.4 Å². The van der Waals surface area contributed by atoms with Crippen LogP contribution in [0.4, 0.5) is 4.39 Å². The number of hydrogen-bond acceptors (Lipinski definition) is 4. The van der Waals surface area contributed by atoms with E-state index in [9.17, 15) is 17.9 Å². The van der Waals surface area contributed by atoms with Crippen molar-refractivity contribution in [2.24, 2.45) is 12.5 Å². The van der Waals surface area contributed by atoms with Gasteiger partial charge in [-0.15, -0.1) is 0 Å². The van der Waals surface area contributed by atoms with Crippen LogP contribution in [0.5, 0.6) is 0 Å². The molecule has 0 bridgehead atoms. The van der Waals surface area contributed by atoms with E-state index in [-0.39, 0.29) is 19.0 Å². The summed E-state index contributed by atoms with van der Waals surface area (Å²) in [4.78, 5) is 0.315. The molecule has 154 valence electrons. The van der Waals surface area contributed by atoms with Crippen LogP contribution in [-0.2, 0) is 36.3 Å². The number of aryl methyl sites for hydroxylation is 2. The maximum absolute atomic E-state index is 13.4. The summed E-state index contributed by atoms with van der Waals surface area (Å²) in [5.74, 6) is -0.312. The van der Waals surface area contributed by atoms with Gasteiger partial charge in [0, 0.05) is 25.6 Å². The number of benzene rings is 1. The Morgan fingerprint density at radius 1 is 1.21 bits per heavy atom.